The van der Waals surface area contributed by atoms with E-state index in [2.05, 4.69) is 0 Å². The Morgan fingerprint density at radius 2 is 1.94 bits per heavy atom. The van der Waals surface area contributed by atoms with Crippen molar-refractivity contribution in [1.29, 1.82) is 0 Å². The van der Waals surface area contributed by atoms with Crippen LogP contribution in [0.15, 0.2) is 24.0 Å². The molecule has 0 saturated carbocycles. The summed E-state index contributed by atoms with van der Waals surface area (Å²) in [5.74, 6) is -3.41. The number of hydrogen-bond acceptors (Lipinski definition) is 6. The number of ketones is 2. The molecule has 0 aromatic carbocycles. The number of Topliss-reactive ketones (excluding diaryl/α,β-unsaturated/α-hetero) is 1. The van der Waals surface area contributed by atoms with Crippen LogP contribution >= 0.6 is 0 Å². The van der Waals surface area contributed by atoms with Gasteiger partial charge in [-0.25, -0.2) is 0 Å². The fraction of sp³-hybridized carbons (Fsp3) is 0.400. The van der Waals surface area contributed by atoms with Crippen molar-refractivity contribution in [3.63, 3.8) is 0 Å². The van der Waals surface area contributed by atoms with Crippen LogP contribution in [-0.2, 0) is 9.59 Å². The summed E-state index contributed by atoms with van der Waals surface area (Å²) in [5, 5.41) is 34.3. The number of hydrogen-bond donors (Lipinski definition) is 4. The molecule has 0 saturated heterocycles. The largest absolute Gasteiger partial charge is 0.505 e. The molecule has 2 aliphatic rings. The van der Waals surface area contributed by atoms with Crippen LogP contribution in [0, 0.1) is 0 Å². The first-order valence-electron chi connectivity index (χ1n) is 4.60. The highest BCUT2D eigenvalue weighted by Gasteiger charge is 2.33. The number of allylic oxidation sites excluding steroid dienone is 1. The summed E-state index contributed by atoms with van der Waals surface area (Å²) >= 11 is 0. The van der Waals surface area contributed by atoms with Crippen LogP contribution in [0.4, 0.5) is 0 Å². The van der Waals surface area contributed by atoms with Crippen molar-refractivity contribution in [3.05, 3.63) is 24.0 Å². The summed E-state index contributed by atoms with van der Waals surface area (Å²) in [7, 11) is 0. The van der Waals surface area contributed by atoms with E-state index in [1.807, 2.05) is 0 Å². The molecular formula is C10H12O6. The first-order chi connectivity index (χ1) is 7.33. The van der Waals surface area contributed by atoms with Gasteiger partial charge in [-0.3, -0.25) is 9.59 Å². The van der Waals surface area contributed by atoms with Crippen LogP contribution in [0.3, 0.4) is 0 Å². The molecule has 0 spiro atoms. The fourth-order valence-electron chi connectivity index (χ4n) is 1.19. The molecule has 0 fully saturated rings. The Labute approximate surface area is 91.1 Å². The van der Waals surface area contributed by atoms with Crippen LogP contribution in [-0.4, -0.2) is 43.9 Å². The SMILES string of the molecule is O=C1C=CCC1(O)O.O=C1CC(O)C=C1O. The summed E-state index contributed by atoms with van der Waals surface area (Å²) in [4.78, 5) is 20.6. The Kier molecular flexibility index (Phi) is 3.58. The molecule has 0 aromatic rings. The summed E-state index contributed by atoms with van der Waals surface area (Å²) in [6.45, 7) is 0. The van der Waals surface area contributed by atoms with Gasteiger partial charge in [0.15, 0.2) is 11.5 Å². The minimum atomic E-state index is -2.10. The van der Waals surface area contributed by atoms with Crippen molar-refractivity contribution in [2.75, 3.05) is 0 Å². The number of rotatable bonds is 0. The maximum absolute atomic E-state index is 10.3. The van der Waals surface area contributed by atoms with Crippen molar-refractivity contribution in [2.24, 2.45) is 0 Å². The second-order valence-corrected chi connectivity index (χ2v) is 3.53. The second kappa shape index (κ2) is 4.56. The summed E-state index contributed by atoms with van der Waals surface area (Å²) in [5.41, 5.74) is 0. The highest BCUT2D eigenvalue weighted by atomic mass is 16.5. The van der Waals surface area contributed by atoms with Crippen LogP contribution in [0.2, 0.25) is 0 Å². The summed E-state index contributed by atoms with van der Waals surface area (Å²) in [6.07, 6.45) is 3.03. The third-order valence-electron chi connectivity index (χ3n) is 2.10. The standard InChI is InChI=1S/2C5H6O3/c6-3-1-4(7)5(8)2-3;6-4-2-1-3-5(4,7)8/h1,3,6-7H,2H2;1-2,7-8H,3H2. The average Bonchev–Trinajstić information content (AvgIpc) is 2.59. The van der Waals surface area contributed by atoms with Crippen molar-refractivity contribution in [1.82, 2.24) is 0 Å². The number of carbonyl (C=O) groups is 2. The van der Waals surface area contributed by atoms with E-state index in [-0.39, 0.29) is 24.4 Å². The van der Waals surface area contributed by atoms with Gasteiger partial charge in [0.1, 0.15) is 0 Å². The van der Waals surface area contributed by atoms with Gasteiger partial charge >= 0.3 is 0 Å². The maximum Gasteiger partial charge on any atom is 0.231 e. The highest BCUT2D eigenvalue weighted by molar-refractivity contribution is 5.97. The molecule has 6 heteroatoms. The molecule has 6 nitrogen and oxygen atoms in total. The Bertz CT molecular complexity index is 366. The Balaban J connectivity index is 0.000000160. The number of aliphatic hydroxyl groups is 4. The molecule has 0 radical (unpaired) electrons. The molecule has 0 aliphatic heterocycles. The smallest absolute Gasteiger partial charge is 0.231 e. The molecular weight excluding hydrogens is 216 g/mol. The van der Waals surface area contributed by atoms with E-state index in [4.69, 9.17) is 20.4 Å². The Morgan fingerprint density at radius 1 is 1.31 bits per heavy atom. The van der Waals surface area contributed by atoms with E-state index in [1.165, 1.54) is 12.2 Å². The number of aliphatic hydroxyl groups excluding tert-OH is 2. The maximum atomic E-state index is 10.3. The lowest BCUT2D eigenvalue weighted by atomic mass is 10.2. The van der Waals surface area contributed by atoms with Gasteiger partial charge in [0.25, 0.3) is 0 Å². The van der Waals surface area contributed by atoms with E-state index in [9.17, 15) is 9.59 Å². The van der Waals surface area contributed by atoms with Crippen LogP contribution in [0.5, 0.6) is 0 Å². The third-order valence-corrected chi connectivity index (χ3v) is 2.10. The molecule has 1 atom stereocenters. The van der Waals surface area contributed by atoms with Crippen molar-refractivity contribution in [2.45, 2.75) is 24.7 Å². The zero-order valence-corrected chi connectivity index (χ0v) is 8.33. The van der Waals surface area contributed by atoms with E-state index in [0.29, 0.717) is 0 Å². The fourth-order valence-corrected chi connectivity index (χ4v) is 1.19. The van der Waals surface area contributed by atoms with Crippen LogP contribution < -0.4 is 0 Å². The zero-order chi connectivity index (χ0) is 12.3. The minimum absolute atomic E-state index is 0.0197. The van der Waals surface area contributed by atoms with Gasteiger partial charge in [0.2, 0.25) is 11.6 Å². The van der Waals surface area contributed by atoms with Gasteiger partial charge in [-0.2, -0.15) is 0 Å². The predicted octanol–water partition coefficient (Wildman–Crippen LogP) is -1.04. The molecule has 4 N–H and O–H groups in total. The normalized spacial score (nSPS) is 26.4. The molecule has 0 aromatic heterocycles. The molecule has 2 rings (SSSR count). The molecule has 1 unspecified atom stereocenters. The van der Waals surface area contributed by atoms with Crippen molar-refractivity contribution in [3.8, 4) is 0 Å². The average molecular weight is 228 g/mol. The topological polar surface area (TPSA) is 115 Å². The lowest BCUT2D eigenvalue weighted by molar-refractivity contribution is -0.172. The molecule has 0 heterocycles. The highest BCUT2D eigenvalue weighted by Crippen LogP contribution is 2.15. The summed E-state index contributed by atoms with van der Waals surface area (Å²) in [6, 6.07) is 0. The quantitative estimate of drug-likeness (QED) is 0.393. The first kappa shape index (κ1) is 12.6. The Hall–Kier alpha value is -1.50. The molecule has 16 heavy (non-hydrogen) atoms. The molecule has 2 aliphatic carbocycles. The van der Waals surface area contributed by atoms with E-state index in [0.717, 1.165) is 6.08 Å². The van der Waals surface area contributed by atoms with Gasteiger partial charge in [0, 0.05) is 12.8 Å². The number of carbonyl (C=O) groups excluding carboxylic acids is 2. The Morgan fingerprint density at radius 3 is 2.06 bits per heavy atom. The van der Waals surface area contributed by atoms with Crippen molar-refractivity contribution >= 4 is 11.6 Å². The van der Waals surface area contributed by atoms with Gasteiger partial charge in [0.05, 0.1) is 6.10 Å². The molecule has 0 amide bonds. The van der Waals surface area contributed by atoms with Crippen LogP contribution in [0.1, 0.15) is 12.8 Å². The van der Waals surface area contributed by atoms with Gasteiger partial charge in [-0.05, 0) is 12.2 Å². The molecule has 0 bridgehead atoms. The van der Waals surface area contributed by atoms with Gasteiger partial charge < -0.3 is 20.4 Å². The third kappa shape index (κ3) is 2.99. The summed E-state index contributed by atoms with van der Waals surface area (Å²) < 4.78 is 0. The van der Waals surface area contributed by atoms with E-state index >= 15 is 0 Å². The van der Waals surface area contributed by atoms with E-state index < -0.39 is 17.7 Å². The van der Waals surface area contributed by atoms with Gasteiger partial charge in [-0.1, -0.05) is 6.08 Å². The lowest BCUT2D eigenvalue weighted by Crippen LogP contribution is -2.32. The monoisotopic (exact) mass is 228 g/mol. The first-order valence-corrected chi connectivity index (χ1v) is 4.60. The second-order valence-electron chi connectivity index (χ2n) is 3.53. The predicted molar refractivity (Wildman–Crippen MR) is 52.3 cm³/mol. The zero-order valence-electron chi connectivity index (χ0n) is 8.33. The van der Waals surface area contributed by atoms with Crippen molar-refractivity contribution < 1.29 is 30.0 Å². The lowest BCUT2D eigenvalue weighted by Gasteiger charge is -2.09. The van der Waals surface area contributed by atoms with Gasteiger partial charge in [-0.15, -0.1) is 0 Å². The molecule has 88 valence electrons. The van der Waals surface area contributed by atoms with Crippen LogP contribution in [0.25, 0.3) is 0 Å². The van der Waals surface area contributed by atoms with E-state index in [1.54, 1.807) is 0 Å². The minimum Gasteiger partial charge on any atom is -0.505 e.